The number of Topliss-reactive ketones (excluding diaryl/α,β-unsaturated/α-hetero) is 1. The molecule has 0 unspecified atom stereocenters. The Hall–Kier alpha value is -1.36. The topological polar surface area (TPSA) is 121 Å². The van der Waals surface area contributed by atoms with E-state index in [1.807, 2.05) is 19.2 Å². The predicted octanol–water partition coefficient (Wildman–Crippen LogP) is 3.22. The average molecular weight is 529 g/mol. The number of ether oxygens (including phenoxy) is 2. The number of hydrogen-bond donors (Lipinski definition) is 3. The highest BCUT2D eigenvalue weighted by Gasteiger charge is 2.53. The van der Waals surface area contributed by atoms with Gasteiger partial charge in [-0.25, -0.2) is 4.98 Å². The summed E-state index contributed by atoms with van der Waals surface area (Å²) in [7, 11) is 0. The van der Waals surface area contributed by atoms with E-state index < -0.39 is 47.2 Å². The molecular formula is C25H37ClN2O6S. The highest BCUT2D eigenvalue weighted by molar-refractivity contribution is 7.09. The lowest BCUT2D eigenvalue weighted by atomic mass is 9.74. The summed E-state index contributed by atoms with van der Waals surface area (Å²) in [6, 6.07) is -0.544. The third kappa shape index (κ3) is 6.70. The smallest absolute Gasteiger partial charge is 0.223 e. The van der Waals surface area contributed by atoms with Gasteiger partial charge >= 0.3 is 0 Å². The summed E-state index contributed by atoms with van der Waals surface area (Å²) in [6.07, 6.45) is -0.541. The zero-order valence-corrected chi connectivity index (χ0v) is 22.8. The molecule has 2 fully saturated rings. The Morgan fingerprint density at radius 1 is 1.29 bits per heavy atom. The number of halogens is 1. The first kappa shape index (κ1) is 28.2. The van der Waals surface area contributed by atoms with E-state index in [4.69, 9.17) is 21.1 Å². The van der Waals surface area contributed by atoms with Crippen LogP contribution < -0.4 is 5.32 Å². The fourth-order valence-corrected chi connectivity index (χ4v) is 5.32. The average Bonchev–Trinajstić information content (AvgIpc) is 3.22. The molecule has 2 aliphatic rings. The number of hydrogen-bond acceptors (Lipinski definition) is 8. The largest absolute Gasteiger partial charge is 0.392 e. The summed E-state index contributed by atoms with van der Waals surface area (Å²) in [6.45, 7) is 10.7. The van der Waals surface area contributed by atoms with Crippen molar-refractivity contribution >= 4 is 40.7 Å². The van der Waals surface area contributed by atoms with Gasteiger partial charge in [-0.3, -0.25) is 9.59 Å². The van der Waals surface area contributed by atoms with Gasteiger partial charge in [0, 0.05) is 35.8 Å². The lowest BCUT2D eigenvalue weighted by Crippen LogP contribution is -2.48. The summed E-state index contributed by atoms with van der Waals surface area (Å²) in [5.41, 5.74) is -0.984. The fraction of sp³-hybridized carbons (Fsp3) is 0.720. The first-order chi connectivity index (χ1) is 16.2. The summed E-state index contributed by atoms with van der Waals surface area (Å²) in [4.78, 5) is 30.5. The quantitative estimate of drug-likeness (QED) is 0.504. The van der Waals surface area contributed by atoms with Crippen molar-refractivity contribution in [1.82, 2.24) is 10.3 Å². The number of rotatable bonds is 2. The first-order valence-electron chi connectivity index (χ1n) is 12.0. The standard InChI is InChI=1S/C25H37ClN2O6S/c1-13-22(31)14(2)33-8-7-25(6)20(34-25)10-18(17(26)9-16-12-35-15(3)27-16)28-21(30)11-19(29)24(4,5)23(13)32/h9,12-14,18-20,22,29,31H,7-8,10-11H2,1-6H3,(H,28,30)/t13-,14-,18+,19+,20+,22+,25-/m1/s1. The van der Waals surface area contributed by atoms with E-state index >= 15 is 0 Å². The van der Waals surface area contributed by atoms with E-state index in [1.54, 1.807) is 33.8 Å². The van der Waals surface area contributed by atoms with Crippen molar-refractivity contribution in [2.75, 3.05) is 6.61 Å². The van der Waals surface area contributed by atoms with Crippen LogP contribution in [0.5, 0.6) is 0 Å². The van der Waals surface area contributed by atoms with E-state index in [0.717, 1.165) is 5.01 Å². The Bertz CT molecular complexity index is 966. The van der Waals surface area contributed by atoms with E-state index in [0.29, 0.717) is 30.2 Å². The van der Waals surface area contributed by atoms with Crippen molar-refractivity contribution in [2.45, 2.75) is 96.9 Å². The summed E-state index contributed by atoms with van der Waals surface area (Å²) >= 11 is 8.16. The molecule has 196 valence electrons. The molecule has 0 bridgehead atoms. The van der Waals surface area contributed by atoms with Gasteiger partial charge in [-0.05, 0) is 26.8 Å². The molecule has 0 saturated carbocycles. The minimum absolute atomic E-state index is 0.147. The Balaban J connectivity index is 1.85. The summed E-state index contributed by atoms with van der Waals surface area (Å²) < 4.78 is 11.8. The molecule has 1 aromatic heterocycles. The number of carbonyl (C=O) groups is 2. The Labute approximate surface area is 216 Å². The zero-order valence-electron chi connectivity index (χ0n) is 21.2. The van der Waals surface area contributed by atoms with Gasteiger partial charge in [0.15, 0.2) is 0 Å². The molecule has 0 spiro atoms. The van der Waals surface area contributed by atoms with Crippen molar-refractivity contribution in [1.29, 1.82) is 0 Å². The molecule has 3 N–H and O–H groups in total. The van der Waals surface area contributed by atoms with Gasteiger partial charge in [0.25, 0.3) is 0 Å². The van der Waals surface area contributed by atoms with Crippen LogP contribution in [0.2, 0.25) is 0 Å². The van der Waals surface area contributed by atoms with Gasteiger partial charge < -0.3 is 25.0 Å². The number of ketones is 1. The number of amides is 1. The van der Waals surface area contributed by atoms with Gasteiger partial charge in [0.05, 0.1) is 58.6 Å². The van der Waals surface area contributed by atoms with Crippen LogP contribution in [0.4, 0.5) is 0 Å². The molecular weight excluding hydrogens is 492 g/mol. The van der Waals surface area contributed by atoms with Crippen LogP contribution in [-0.4, -0.2) is 69.6 Å². The maximum Gasteiger partial charge on any atom is 0.223 e. The molecule has 0 aliphatic carbocycles. The Morgan fingerprint density at radius 3 is 2.60 bits per heavy atom. The van der Waals surface area contributed by atoms with Crippen LogP contribution in [0.25, 0.3) is 6.08 Å². The Morgan fingerprint density at radius 2 is 1.97 bits per heavy atom. The lowest BCUT2D eigenvalue weighted by Gasteiger charge is -2.34. The van der Waals surface area contributed by atoms with E-state index in [-0.39, 0.29) is 18.3 Å². The van der Waals surface area contributed by atoms with Crippen molar-refractivity contribution in [3.63, 3.8) is 0 Å². The molecule has 8 nitrogen and oxygen atoms in total. The maximum atomic E-state index is 13.2. The summed E-state index contributed by atoms with van der Waals surface area (Å²) in [5.74, 6) is -1.54. The molecule has 10 heteroatoms. The molecule has 0 aromatic carbocycles. The highest BCUT2D eigenvalue weighted by Crippen LogP contribution is 2.43. The van der Waals surface area contributed by atoms with Gasteiger partial charge in [-0.1, -0.05) is 32.4 Å². The number of aromatic nitrogens is 1. The van der Waals surface area contributed by atoms with Crippen molar-refractivity contribution < 1.29 is 29.3 Å². The molecule has 3 rings (SSSR count). The van der Waals surface area contributed by atoms with Crippen molar-refractivity contribution in [3.05, 3.63) is 21.1 Å². The number of aryl methyl sites for hydroxylation is 1. The zero-order chi connectivity index (χ0) is 26.1. The molecule has 1 amide bonds. The highest BCUT2D eigenvalue weighted by atomic mass is 35.5. The molecule has 2 saturated heterocycles. The molecule has 2 aliphatic heterocycles. The Kier molecular flexibility index (Phi) is 8.82. The maximum absolute atomic E-state index is 13.2. The van der Waals surface area contributed by atoms with Crippen LogP contribution >= 0.6 is 22.9 Å². The molecule has 35 heavy (non-hydrogen) atoms. The number of epoxide rings is 1. The molecule has 1 aromatic rings. The minimum atomic E-state index is -1.25. The summed E-state index contributed by atoms with van der Waals surface area (Å²) in [5, 5.41) is 27.7. The van der Waals surface area contributed by atoms with Crippen LogP contribution in [0, 0.1) is 18.3 Å². The van der Waals surface area contributed by atoms with Gasteiger partial charge in [0.1, 0.15) is 5.78 Å². The number of aliphatic hydroxyl groups is 2. The number of fused-ring (bicyclic) bond motifs is 1. The number of carbonyl (C=O) groups excluding carboxylic acids is 2. The van der Waals surface area contributed by atoms with Crippen LogP contribution in [0.1, 0.15) is 64.6 Å². The van der Waals surface area contributed by atoms with E-state index in [9.17, 15) is 19.8 Å². The van der Waals surface area contributed by atoms with Crippen molar-refractivity contribution in [3.8, 4) is 0 Å². The molecule has 7 atom stereocenters. The number of nitrogens with zero attached hydrogens (tertiary/aromatic N) is 1. The van der Waals surface area contributed by atoms with E-state index in [2.05, 4.69) is 10.3 Å². The van der Waals surface area contributed by atoms with Crippen LogP contribution in [0.15, 0.2) is 10.4 Å². The second kappa shape index (κ2) is 10.9. The van der Waals surface area contributed by atoms with Crippen LogP contribution in [0.3, 0.4) is 0 Å². The fourth-order valence-electron chi connectivity index (χ4n) is 4.49. The normalized spacial score (nSPS) is 37.5. The number of nitrogens with one attached hydrogen (secondary N) is 1. The van der Waals surface area contributed by atoms with Crippen molar-refractivity contribution in [2.24, 2.45) is 11.3 Å². The van der Waals surface area contributed by atoms with Gasteiger partial charge in [-0.2, -0.15) is 0 Å². The lowest BCUT2D eigenvalue weighted by molar-refractivity contribution is -0.146. The number of aliphatic hydroxyl groups excluding tert-OH is 2. The predicted molar refractivity (Wildman–Crippen MR) is 135 cm³/mol. The third-order valence-electron chi connectivity index (χ3n) is 7.31. The molecule has 0 radical (unpaired) electrons. The third-order valence-corrected chi connectivity index (χ3v) is 8.47. The van der Waals surface area contributed by atoms with Crippen LogP contribution in [-0.2, 0) is 19.1 Å². The number of thiazole rings is 1. The molecule has 3 heterocycles. The first-order valence-corrected chi connectivity index (χ1v) is 13.3. The minimum Gasteiger partial charge on any atom is -0.392 e. The second-order valence-corrected chi connectivity index (χ2v) is 12.0. The van der Waals surface area contributed by atoms with Gasteiger partial charge in [-0.15, -0.1) is 11.3 Å². The van der Waals surface area contributed by atoms with Gasteiger partial charge in [0.2, 0.25) is 5.91 Å². The second-order valence-electron chi connectivity index (χ2n) is 10.5. The SMILES string of the molecule is Cc1nc(C=C(Cl)[C@@H]2C[C@@H]3O[C@]3(C)CCO[C@H](C)[C@@H](O)[C@@H](C)C(=O)C(C)(C)[C@@H](O)CC(=O)N2)cs1. The van der Waals surface area contributed by atoms with E-state index in [1.165, 1.54) is 11.3 Å². The monoisotopic (exact) mass is 528 g/mol.